The van der Waals surface area contributed by atoms with Gasteiger partial charge in [-0.15, -0.1) is 0 Å². The van der Waals surface area contributed by atoms with Crippen LogP contribution in [0.5, 0.6) is 0 Å². The summed E-state index contributed by atoms with van der Waals surface area (Å²) in [6, 6.07) is 0. The molecule has 0 unspecified atom stereocenters. The Kier molecular flexibility index (Phi) is 2.57. The van der Waals surface area contributed by atoms with Gasteiger partial charge >= 0.3 is 0 Å². The lowest BCUT2D eigenvalue weighted by atomic mass is 10.1. The Morgan fingerprint density at radius 1 is 1.40 bits per heavy atom. The number of hydrogen-bond donors (Lipinski definition) is 0. The van der Waals surface area contributed by atoms with E-state index in [-0.39, 0.29) is 5.54 Å². The van der Waals surface area contributed by atoms with Crippen molar-refractivity contribution < 1.29 is 9.59 Å². The van der Waals surface area contributed by atoms with Gasteiger partial charge in [0.05, 0.1) is 0 Å². The Morgan fingerprint density at radius 3 is 1.90 bits per heavy atom. The molecule has 1 amide bonds. The number of nitrogens with zero attached hydrogens (tertiary/aromatic N) is 1. The number of amides is 1. The number of aldehydes is 1. The van der Waals surface area contributed by atoms with Crippen molar-refractivity contribution in [2.24, 2.45) is 0 Å². The summed E-state index contributed by atoms with van der Waals surface area (Å²) in [4.78, 5) is 22.1. The molecule has 0 bridgehead atoms. The van der Waals surface area contributed by atoms with Gasteiger partial charge in [0.15, 0.2) is 0 Å². The summed E-state index contributed by atoms with van der Waals surface area (Å²) in [6.07, 6.45) is 0.325. The van der Waals surface area contributed by atoms with E-state index in [1.165, 1.54) is 4.90 Å². The van der Waals surface area contributed by atoms with Crippen molar-refractivity contribution in [3.05, 3.63) is 0 Å². The number of rotatable bonds is 1. The van der Waals surface area contributed by atoms with Crippen LogP contribution in [0.15, 0.2) is 0 Å². The van der Waals surface area contributed by atoms with E-state index in [1.807, 2.05) is 20.8 Å². The average molecular weight is 143 g/mol. The van der Waals surface area contributed by atoms with Crippen molar-refractivity contribution in [2.45, 2.75) is 26.3 Å². The van der Waals surface area contributed by atoms with Crippen LogP contribution in [0.4, 0.5) is 0 Å². The van der Waals surface area contributed by atoms with Crippen LogP contribution in [0.3, 0.4) is 0 Å². The molecule has 0 aliphatic heterocycles. The maximum absolute atomic E-state index is 10.7. The third-order valence-electron chi connectivity index (χ3n) is 1.44. The normalized spacial score (nSPS) is 10.8. The van der Waals surface area contributed by atoms with Gasteiger partial charge in [-0.3, -0.25) is 9.59 Å². The topological polar surface area (TPSA) is 37.4 Å². The largest absolute Gasteiger partial charge is 0.335 e. The zero-order chi connectivity index (χ0) is 8.36. The van der Waals surface area contributed by atoms with Gasteiger partial charge in [-0.2, -0.15) is 0 Å². The molecule has 0 aliphatic carbocycles. The van der Waals surface area contributed by atoms with Crippen molar-refractivity contribution in [2.75, 3.05) is 7.05 Å². The van der Waals surface area contributed by atoms with E-state index in [9.17, 15) is 9.59 Å². The van der Waals surface area contributed by atoms with E-state index >= 15 is 0 Å². The molecule has 0 spiro atoms. The molecule has 58 valence electrons. The molecular weight excluding hydrogens is 130 g/mol. The third-order valence-corrected chi connectivity index (χ3v) is 1.44. The number of likely N-dealkylation sites (N-methyl/N-ethyl adjacent to an activating group) is 1. The van der Waals surface area contributed by atoms with Crippen LogP contribution in [-0.4, -0.2) is 29.7 Å². The highest BCUT2D eigenvalue weighted by Crippen LogP contribution is 2.08. The van der Waals surface area contributed by atoms with Crippen LogP contribution in [0, 0.1) is 0 Å². The van der Waals surface area contributed by atoms with Gasteiger partial charge in [0.25, 0.3) is 5.91 Å². The minimum absolute atomic E-state index is 0.266. The number of carbonyl (C=O) groups excluding carboxylic acids is 2. The first-order valence-corrected chi connectivity index (χ1v) is 3.12. The van der Waals surface area contributed by atoms with Gasteiger partial charge in [0.1, 0.15) is 0 Å². The molecule has 0 aromatic rings. The van der Waals surface area contributed by atoms with Gasteiger partial charge < -0.3 is 4.90 Å². The Hall–Kier alpha value is -0.860. The first-order chi connectivity index (χ1) is 4.39. The van der Waals surface area contributed by atoms with Gasteiger partial charge in [-0.25, -0.2) is 0 Å². The fourth-order valence-corrected chi connectivity index (χ4v) is 0.410. The number of hydrogen-bond acceptors (Lipinski definition) is 2. The van der Waals surface area contributed by atoms with Crippen LogP contribution >= 0.6 is 0 Å². The molecule has 0 saturated carbocycles. The molecule has 0 atom stereocenters. The molecule has 0 radical (unpaired) electrons. The molecule has 0 N–H and O–H groups in total. The molecule has 0 aliphatic rings. The van der Waals surface area contributed by atoms with Crippen LogP contribution in [-0.2, 0) is 9.59 Å². The molecule has 10 heavy (non-hydrogen) atoms. The van der Waals surface area contributed by atoms with E-state index < -0.39 is 5.91 Å². The van der Waals surface area contributed by atoms with Crippen LogP contribution in [0.25, 0.3) is 0 Å². The Morgan fingerprint density at radius 2 is 1.80 bits per heavy atom. The Balaban J connectivity index is 4.21. The van der Waals surface area contributed by atoms with Gasteiger partial charge in [-0.1, -0.05) is 0 Å². The van der Waals surface area contributed by atoms with Crippen molar-refractivity contribution in [3.63, 3.8) is 0 Å². The molecule has 0 heterocycles. The first kappa shape index (κ1) is 9.14. The lowest BCUT2D eigenvalue weighted by Gasteiger charge is -2.29. The highest BCUT2D eigenvalue weighted by Gasteiger charge is 2.20. The fourth-order valence-electron chi connectivity index (χ4n) is 0.410. The van der Waals surface area contributed by atoms with Gasteiger partial charge in [0.2, 0.25) is 6.29 Å². The summed E-state index contributed by atoms with van der Waals surface area (Å²) in [7, 11) is 1.61. The van der Waals surface area contributed by atoms with E-state index in [0.717, 1.165) is 0 Å². The smallest absolute Gasteiger partial charge is 0.286 e. The monoisotopic (exact) mass is 143 g/mol. The summed E-state index contributed by atoms with van der Waals surface area (Å²) in [5, 5.41) is 0. The third kappa shape index (κ3) is 2.17. The first-order valence-electron chi connectivity index (χ1n) is 3.12. The number of carbonyl (C=O) groups is 2. The zero-order valence-corrected chi connectivity index (χ0v) is 6.84. The molecule has 3 heteroatoms. The summed E-state index contributed by atoms with van der Waals surface area (Å²) >= 11 is 0. The second kappa shape index (κ2) is 2.82. The summed E-state index contributed by atoms with van der Waals surface area (Å²) in [5.41, 5.74) is -0.266. The average Bonchev–Trinajstić information content (AvgIpc) is 1.83. The van der Waals surface area contributed by atoms with E-state index in [2.05, 4.69) is 0 Å². The van der Waals surface area contributed by atoms with Crippen molar-refractivity contribution >= 4 is 12.2 Å². The zero-order valence-electron chi connectivity index (χ0n) is 6.84. The highest BCUT2D eigenvalue weighted by atomic mass is 16.2. The highest BCUT2D eigenvalue weighted by molar-refractivity contribution is 6.23. The van der Waals surface area contributed by atoms with Crippen molar-refractivity contribution in [3.8, 4) is 0 Å². The minimum atomic E-state index is -0.479. The molecule has 0 aromatic heterocycles. The Labute approximate surface area is 61.0 Å². The lowest BCUT2D eigenvalue weighted by molar-refractivity contribution is -0.141. The van der Waals surface area contributed by atoms with Gasteiger partial charge in [0, 0.05) is 12.6 Å². The molecule has 0 saturated heterocycles. The maximum atomic E-state index is 10.7. The summed E-state index contributed by atoms with van der Waals surface area (Å²) < 4.78 is 0. The van der Waals surface area contributed by atoms with E-state index in [4.69, 9.17) is 0 Å². The lowest BCUT2D eigenvalue weighted by Crippen LogP contribution is -2.43. The Bertz CT molecular complexity index is 146. The molecular formula is C7H13NO2. The van der Waals surface area contributed by atoms with E-state index in [1.54, 1.807) is 7.05 Å². The maximum Gasteiger partial charge on any atom is 0.286 e. The molecule has 0 fully saturated rings. The van der Waals surface area contributed by atoms with E-state index in [0.29, 0.717) is 6.29 Å². The molecule has 0 rings (SSSR count). The SMILES string of the molecule is CN(C(=O)C=O)C(C)(C)C. The van der Waals surface area contributed by atoms with Crippen LogP contribution < -0.4 is 0 Å². The predicted octanol–water partition coefficient (Wildman–Crippen LogP) is 0.442. The predicted molar refractivity (Wildman–Crippen MR) is 38.6 cm³/mol. The minimum Gasteiger partial charge on any atom is -0.335 e. The summed E-state index contributed by atoms with van der Waals surface area (Å²) in [6.45, 7) is 5.61. The summed E-state index contributed by atoms with van der Waals surface area (Å²) in [5.74, 6) is -0.479. The quantitative estimate of drug-likeness (QED) is 0.394. The molecule has 0 aromatic carbocycles. The molecule has 3 nitrogen and oxygen atoms in total. The second-order valence-electron chi connectivity index (χ2n) is 3.19. The standard InChI is InChI=1S/C7H13NO2/c1-7(2,3)8(4)6(10)5-9/h5H,1-4H3. The van der Waals surface area contributed by atoms with Crippen molar-refractivity contribution in [1.29, 1.82) is 0 Å². The van der Waals surface area contributed by atoms with Gasteiger partial charge in [-0.05, 0) is 20.8 Å². The second-order valence-corrected chi connectivity index (χ2v) is 3.19. The van der Waals surface area contributed by atoms with Crippen LogP contribution in [0.2, 0.25) is 0 Å². The van der Waals surface area contributed by atoms with Crippen LogP contribution in [0.1, 0.15) is 20.8 Å². The van der Waals surface area contributed by atoms with Crippen molar-refractivity contribution in [1.82, 2.24) is 4.90 Å². The fraction of sp³-hybridized carbons (Fsp3) is 0.714.